The van der Waals surface area contributed by atoms with Crippen LogP contribution in [0.25, 0.3) is 0 Å². The van der Waals surface area contributed by atoms with Crippen LogP contribution in [-0.2, 0) is 0 Å². The Kier molecular flexibility index (Phi) is 8.63. The number of unbranched alkanes of at least 4 members (excludes halogenated alkanes) is 2. The van der Waals surface area contributed by atoms with Crippen LogP contribution in [0.3, 0.4) is 0 Å². The van der Waals surface area contributed by atoms with Gasteiger partial charge in [0.1, 0.15) is 0 Å². The lowest BCUT2D eigenvalue weighted by Gasteiger charge is -2.31. The molecule has 24 heavy (non-hydrogen) atoms. The lowest BCUT2D eigenvalue weighted by Crippen LogP contribution is -2.44. The van der Waals surface area contributed by atoms with Crippen LogP contribution in [0.15, 0.2) is 22.6 Å². The van der Waals surface area contributed by atoms with Gasteiger partial charge in [-0.1, -0.05) is 33.3 Å². The van der Waals surface area contributed by atoms with Gasteiger partial charge in [0.25, 0.3) is 0 Å². The molecule has 0 radical (unpaired) electrons. The van der Waals surface area contributed by atoms with Crippen molar-refractivity contribution < 1.29 is 0 Å². The van der Waals surface area contributed by atoms with Crippen molar-refractivity contribution in [2.24, 2.45) is 15.4 Å². The zero-order valence-electron chi connectivity index (χ0n) is 16.3. The van der Waals surface area contributed by atoms with E-state index in [2.05, 4.69) is 60.2 Å². The molecule has 1 unspecified atom stereocenters. The van der Waals surface area contributed by atoms with E-state index in [4.69, 9.17) is 0 Å². The van der Waals surface area contributed by atoms with E-state index >= 15 is 0 Å². The highest BCUT2D eigenvalue weighted by Gasteiger charge is 2.31. The fourth-order valence-corrected chi connectivity index (χ4v) is 2.74. The fourth-order valence-electron chi connectivity index (χ4n) is 2.74. The Morgan fingerprint density at radius 2 is 2.04 bits per heavy atom. The van der Waals surface area contributed by atoms with Crippen LogP contribution in [-0.4, -0.2) is 50.4 Å². The first-order valence-electron chi connectivity index (χ1n) is 9.26. The monoisotopic (exact) mass is 335 g/mol. The third-order valence-corrected chi connectivity index (χ3v) is 4.82. The lowest BCUT2D eigenvalue weighted by molar-refractivity contribution is 0.375. The minimum Gasteiger partial charge on any atom is -0.355 e. The van der Waals surface area contributed by atoms with Crippen LogP contribution in [0, 0.1) is 5.41 Å². The van der Waals surface area contributed by atoms with E-state index in [1.54, 1.807) is 0 Å². The predicted octanol–water partition coefficient (Wildman–Crippen LogP) is 2.75. The second kappa shape index (κ2) is 9.94. The summed E-state index contributed by atoms with van der Waals surface area (Å²) in [5, 5.41) is 10.1. The molecule has 0 aromatic rings. The summed E-state index contributed by atoms with van der Waals surface area (Å²) in [5.41, 5.74) is 1.21. The molecule has 3 N–H and O–H groups in total. The van der Waals surface area contributed by atoms with Crippen LogP contribution >= 0.6 is 0 Å². The first kappa shape index (κ1) is 20.8. The van der Waals surface area contributed by atoms with Crippen molar-refractivity contribution >= 4 is 11.7 Å². The molecule has 0 amide bonds. The van der Waals surface area contributed by atoms with Gasteiger partial charge < -0.3 is 16.0 Å². The van der Waals surface area contributed by atoms with Gasteiger partial charge in [0, 0.05) is 24.0 Å². The summed E-state index contributed by atoms with van der Waals surface area (Å²) in [4.78, 5) is 9.29. The maximum atomic E-state index is 4.66. The molecule has 0 saturated carbocycles. The molecule has 1 aliphatic heterocycles. The van der Waals surface area contributed by atoms with E-state index in [9.17, 15) is 0 Å². The van der Waals surface area contributed by atoms with E-state index in [0.717, 1.165) is 44.3 Å². The van der Waals surface area contributed by atoms with Gasteiger partial charge in [-0.05, 0) is 46.4 Å². The standard InChI is InChI=1S/C19H37N5/c1-7-16-19(5,14-21-8-2)15-23-17(24-16)22-13-11-9-10-12-18(3,4)20-6/h7,20-21H,1,8-15H2,2-6H3,(H,22,23). The molecule has 5 nitrogen and oxygen atoms in total. The minimum absolute atomic E-state index is 0.0539. The molecule has 0 aromatic carbocycles. The number of guanidine groups is 1. The summed E-state index contributed by atoms with van der Waals surface area (Å²) in [6, 6.07) is 0. The summed E-state index contributed by atoms with van der Waals surface area (Å²) in [5.74, 6) is 0.759. The molecule has 0 saturated heterocycles. The molecule has 0 fully saturated rings. The highest BCUT2D eigenvalue weighted by Crippen LogP contribution is 2.22. The lowest BCUT2D eigenvalue weighted by atomic mass is 9.84. The Morgan fingerprint density at radius 1 is 1.29 bits per heavy atom. The predicted molar refractivity (Wildman–Crippen MR) is 106 cm³/mol. The van der Waals surface area contributed by atoms with Gasteiger partial charge >= 0.3 is 0 Å². The Morgan fingerprint density at radius 3 is 2.67 bits per heavy atom. The quantitative estimate of drug-likeness (QED) is 0.509. The summed E-state index contributed by atoms with van der Waals surface area (Å²) < 4.78 is 0. The van der Waals surface area contributed by atoms with E-state index in [-0.39, 0.29) is 11.0 Å². The van der Waals surface area contributed by atoms with Gasteiger partial charge in [-0.2, -0.15) is 0 Å². The summed E-state index contributed by atoms with van der Waals surface area (Å²) in [7, 11) is 2.03. The zero-order chi connectivity index (χ0) is 18.1. The number of nitrogens with zero attached hydrogens (tertiary/aromatic N) is 2. The van der Waals surface area contributed by atoms with Gasteiger partial charge in [-0.25, -0.2) is 4.99 Å². The Labute approximate surface area is 148 Å². The topological polar surface area (TPSA) is 60.8 Å². The van der Waals surface area contributed by atoms with Gasteiger partial charge in [-0.3, -0.25) is 4.99 Å². The maximum Gasteiger partial charge on any atom is 0.218 e. The van der Waals surface area contributed by atoms with Crippen molar-refractivity contribution in [2.45, 2.75) is 58.9 Å². The molecule has 5 heteroatoms. The molecule has 1 atom stereocenters. The molecule has 0 bridgehead atoms. The number of allylic oxidation sites excluding steroid dienone is 1. The molecule has 1 aliphatic rings. The van der Waals surface area contributed by atoms with Crippen LogP contribution in [0.1, 0.15) is 53.4 Å². The van der Waals surface area contributed by atoms with Gasteiger partial charge in [0.2, 0.25) is 5.96 Å². The normalized spacial score (nSPS) is 21.2. The number of hydrogen-bond donors (Lipinski definition) is 3. The highest BCUT2D eigenvalue weighted by atomic mass is 15.2. The van der Waals surface area contributed by atoms with Crippen molar-refractivity contribution in [1.29, 1.82) is 0 Å². The van der Waals surface area contributed by atoms with Crippen LogP contribution in [0.2, 0.25) is 0 Å². The maximum absolute atomic E-state index is 4.66. The van der Waals surface area contributed by atoms with Gasteiger partial charge in [0.15, 0.2) is 0 Å². The number of hydrogen-bond acceptors (Lipinski definition) is 5. The van der Waals surface area contributed by atoms with E-state index in [1.165, 1.54) is 19.3 Å². The largest absolute Gasteiger partial charge is 0.355 e. The number of aliphatic imine (C=N–C) groups is 2. The first-order valence-corrected chi connectivity index (χ1v) is 9.26. The molecule has 0 aromatic heterocycles. The summed E-state index contributed by atoms with van der Waals surface area (Å²) >= 11 is 0. The second-order valence-corrected chi connectivity index (χ2v) is 7.55. The summed E-state index contributed by atoms with van der Waals surface area (Å²) in [6.07, 6.45) is 6.68. The Bertz CT molecular complexity index is 453. The van der Waals surface area contributed by atoms with Crippen molar-refractivity contribution in [2.75, 3.05) is 33.2 Å². The molecule has 0 aliphatic carbocycles. The Hall–Kier alpha value is -1.20. The summed E-state index contributed by atoms with van der Waals surface area (Å²) in [6.45, 7) is 16.3. The highest BCUT2D eigenvalue weighted by molar-refractivity contribution is 6.08. The van der Waals surface area contributed by atoms with Gasteiger partial charge in [-0.15, -0.1) is 0 Å². The second-order valence-electron chi connectivity index (χ2n) is 7.55. The minimum atomic E-state index is -0.0539. The molecular formula is C19H37N5. The molecule has 1 heterocycles. The van der Waals surface area contributed by atoms with Gasteiger partial charge in [0.05, 0.1) is 12.3 Å². The third kappa shape index (κ3) is 6.73. The zero-order valence-corrected chi connectivity index (χ0v) is 16.3. The Balaban J connectivity index is 2.34. The van der Waals surface area contributed by atoms with Crippen molar-refractivity contribution in [3.05, 3.63) is 12.7 Å². The number of rotatable bonds is 11. The van der Waals surface area contributed by atoms with Crippen LogP contribution in [0.4, 0.5) is 0 Å². The average Bonchev–Trinajstić information content (AvgIpc) is 2.57. The SMILES string of the molecule is C=CC1=NC(NCCCCCC(C)(C)NC)=NCC1(C)CNCC. The average molecular weight is 336 g/mol. The number of nitrogens with one attached hydrogen (secondary N) is 3. The fraction of sp³-hybridized carbons (Fsp3) is 0.789. The molecular weight excluding hydrogens is 298 g/mol. The molecule has 138 valence electrons. The van der Waals surface area contributed by atoms with E-state index in [1.807, 2.05) is 13.1 Å². The van der Waals surface area contributed by atoms with E-state index in [0.29, 0.717) is 0 Å². The smallest absolute Gasteiger partial charge is 0.218 e. The van der Waals surface area contributed by atoms with E-state index < -0.39 is 0 Å². The van der Waals surface area contributed by atoms with Crippen LogP contribution in [0.5, 0.6) is 0 Å². The van der Waals surface area contributed by atoms with Crippen molar-refractivity contribution in [3.63, 3.8) is 0 Å². The first-order chi connectivity index (χ1) is 11.4. The third-order valence-electron chi connectivity index (χ3n) is 4.82. The molecule has 1 rings (SSSR count). The molecule has 0 spiro atoms. The van der Waals surface area contributed by atoms with Crippen LogP contribution < -0.4 is 16.0 Å². The van der Waals surface area contributed by atoms with Crippen molar-refractivity contribution in [3.8, 4) is 0 Å². The van der Waals surface area contributed by atoms with Crippen molar-refractivity contribution in [1.82, 2.24) is 16.0 Å².